The second kappa shape index (κ2) is 5.87. The number of hydrogen-bond acceptors (Lipinski definition) is 7. The van der Waals surface area contributed by atoms with Gasteiger partial charge in [0.05, 0.1) is 19.3 Å². The summed E-state index contributed by atoms with van der Waals surface area (Å²) in [5.41, 5.74) is 0.834. The van der Waals surface area contributed by atoms with Gasteiger partial charge in [0.25, 0.3) is 0 Å². The number of nitrogens with one attached hydrogen (secondary N) is 1. The van der Waals surface area contributed by atoms with Crippen molar-refractivity contribution in [2.75, 3.05) is 19.0 Å². The van der Waals surface area contributed by atoms with Gasteiger partial charge in [0.2, 0.25) is 11.8 Å². The summed E-state index contributed by atoms with van der Waals surface area (Å²) in [7, 11) is 1.59. The third kappa shape index (κ3) is 2.88. The Morgan fingerprint density at radius 1 is 1.40 bits per heavy atom. The van der Waals surface area contributed by atoms with E-state index in [1.165, 1.54) is 0 Å². The topological polar surface area (TPSA) is 82.3 Å². The summed E-state index contributed by atoms with van der Waals surface area (Å²) in [6.45, 7) is 1.24. The maximum absolute atomic E-state index is 5.53. The third-order valence-corrected chi connectivity index (χ3v) is 3.06. The molecular formula is C13H16N4O3. The fourth-order valence-electron chi connectivity index (χ4n) is 2.04. The molecule has 1 atom stereocenters. The summed E-state index contributed by atoms with van der Waals surface area (Å²) in [6.07, 6.45) is 1.90. The molecule has 0 saturated carbocycles. The second-order valence-corrected chi connectivity index (χ2v) is 4.47. The normalized spacial score (nSPS) is 18.1. The van der Waals surface area contributed by atoms with Crippen molar-refractivity contribution in [1.82, 2.24) is 15.2 Å². The van der Waals surface area contributed by atoms with E-state index in [0.29, 0.717) is 24.3 Å². The van der Waals surface area contributed by atoms with Crippen molar-refractivity contribution < 1.29 is 13.9 Å². The molecule has 0 bridgehead atoms. The van der Waals surface area contributed by atoms with Crippen molar-refractivity contribution in [1.29, 1.82) is 0 Å². The quantitative estimate of drug-likeness (QED) is 0.893. The van der Waals surface area contributed by atoms with Gasteiger partial charge in [0.1, 0.15) is 6.10 Å². The Morgan fingerprint density at radius 2 is 2.35 bits per heavy atom. The van der Waals surface area contributed by atoms with E-state index in [4.69, 9.17) is 13.9 Å². The van der Waals surface area contributed by atoms with Crippen LogP contribution in [0.4, 0.5) is 6.01 Å². The molecule has 0 spiro atoms. The summed E-state index contributed by atoms with van der Waals surface area (Å²) in [5.74, 6) is 1.11. The van der Waals surface area contributed by atoms with Crippen molar-refractivity contribution in [3.8, 4) is 5.88 Å². The SMILES string of the molecule is COc1cccc(CNc2nnc(C3CCCO3)o2)n1. The highest BCUT2D eigenvalue weighted by Crippen LogP contribution is 2.28. The van der Waals surface area contributed by atoms with E-state index in [-0.39, 0.29) is 6.10 Å². The molecule has 0 amide bonds. The van der Waals surface area contributed by atoms with Crippen molar-refractivity contribution in [3.63, 3.8) is 0 Å². The molecule has 3 rings (SSSR count). The molecule has 1 saturated heterocycles. The number of aromatic nitrogens is 3. The third-order valence-electron chi connectivity index (χ3n) is 3.06. The maximum Gasteiger partial charge on any atom is 0.315 e. The smallest absolute Gasteiger partial charge is 0.315 e. The lowest BCUT2D eigenvalue weighted by molar-refractivity contribution is 0.0897. The summed E-state index contributed by atoms with van der Waals surface area (Å²) >= 11 is 0. The summed E-state index contributed by atoms with van der Waals surface area (Å²) in [5, 5.41) is 11.0. The van der Waals surface area contributed by atoms with E-state index in [9.17, 15) is 0 Å². The predicted octanol–water partition coefficient (Wildman–Crippen LogP) is 1.94. The van der Waals surface area contributed by atoms with Crippen LogP contribution in [0, 0.1) is 0 Å². The van der Waals surface area contributed by atoms with Crippen LogP contribution < -0.4 is 10.1 Å². The summed E-state index contributed by atoms with van der Waals surface area (Å²) in [4.78, 5) is 4.29. The van der Waals surface area contributed by atoms with Gasteiger partial charge in [0, 0.05) is 12.7 Å². The molecule has 2 aromatic rings. The van der Waals surface area contributed by atoms with Gasteiger partial charge in [-0.25, -0.2) is 4.98 Å². The van der Waals surface area contributed by atoms with E-state index in [2.05, 4.69) is 20.5 Å². The average Bonchev–Trinajstić information content (AvgIpc) is 3.16. The van der Waals surface area contributed by atoms with Crippen molar-refractivity contribution >= 4 is 6.01 Å². The minimum atomic E-state index is -0.0620. The van der Waals surface area contributed by atoms with Crippen LogP contribution in [0.15, 0.2) is 22.6 Å². The number of hydrogen-bond donors (Lipinski definition) is 1. The Kier molecular flexibility index (Phi) is 3.78. The zero-order valence-corrected chi connectivity index (χ0v) is 11.2. The summed E-state index contributed by atoms with van der Waals surface area (Å²) < 4.78 is 16.1. The molecule has 20 heavy (non-hydrogen) atoms. The first-order chi connectivity index (χ1) is 9.85. The lowest BCUT2D eigenvalue weighted by Crippen LogP contribution is -2.02. The number of methoxy groups -OCH3 is 1. The van der Waals surface area contributed by atoms with Crippen molar-refractivity contribution in [3.05, 3.63) is 29.8 Å². The fourth-order valence-corrected chi connectivity index (χ4v) is 2.04. The van der Waals surface area contributed by atoms with Crippen LogP contribution in [-0.2, 0) is 11.3 Å². The Hall–Kier alpha value is -2.15. The predicted molar refractivity (Wildman–Crippen MR) is 70.3 cm³/mol. The molecule has 106 valence electrons. The van der Waals surface area contributed by atoms with Crippen LogP contribution >= 0.6 is 0 Å². The molecule has 0 radical (unpaired) electrons. The zero-order chi connectivity index (χ0) is 13.8. The number of pyridine rings is 1. The fraction of sp³-hybridized carbons (Fsp3) is 0.462. The zero-order valence-electron chi connectivity index (χ0n) is 11.2. The van der Waals surface area contributed by atoms with Crippen LogP contribution in [-0.4, -0.2) is 28.9 Å². The molecule has 7 heteroatoms. The van der Waals surface area contributed by atoms with Gasteiger partial charge in [-0.15, -0.1) is 5.10 Å². The van der Waals surface area contributed by atoms with Crippen LogP contribution in [0.3, 0.4) is 0 Å². The number of nitrogens with zero attached hydrogens (tertiary/aromatic N) is 3. The monoisotopic (exact) mass is 276 g/mol. The van der Waals surface area contributed by atoms with Crippen molar-refractivity contribution in [2.45, 2.75) is 25.5 Å². The van der Waals surface area contributed by atoms with Gasteiger partial charge in [-0.3, -0.25) is 0 Å². The van der Waals surface area contributed by atoms with E-state index in [0.717, 1.165) is 25.1 Å². The van der Waals surface area contributed by atoms with E-state index in [1.807, 2.05) is 12.1 Å². The van der Waals surface area contributed by atoms with Crippen molar-refractivity contribution in [2.24, 2.45) is 0 Å². The van der Waals surface area contributed by atoms with Gasteiger partial charge < -0.3 is 19.2 Å². The Balaban J connectivity index is 1.60. The van der Waals surface area contributed by atoms with E-state index in [1.54, 1.807) is 13.2 Å². The van der Waals surface area contributed by atoms with Gasteiger partial charge in [-0.2, -0.15) is 0 Å². The lowest BCUT2D eigenvalue weighted by atomic mass is 10.2. The van der Waals surface area contributed by atoms with Crippen LogP contribution in [0.2, 0.25) is 0 Å². The second-order valence-electron chi connectivity index (χ2n) is 4.47. The Morgan fingerprint density at radius 3 is 3.15 bits per heavy atom. The summed E-state index contributed by atoms with van der Waals surface area (Å²) in [6, 6.07) is 5.95. The highest BCUT2D eigenvalue weighted by atomic mass is 16.5. The maximum atomic E-state index is 5.53. The minimum absolute atomic E-state index is 0.0620. The van der Waals surface area contributed by atoms with Crippen LogP contribution in [0.1, 0.15) is 30.5 Å². The number of rotatable bonds is 5. The lowest BCUT2D eigenvalue weighted by Gasteiger charge is -2.04. The largest absolute Gasteiger partial charge is 0.481 e. The molecule has 1 aliphatic heterocycles. The highest BCUT2D eigenvalue weighted by molar-refractivity contribution is 5.22. The first-order valence-corrected chi connectivity index (χ1v) is 6.54. The molecule has 1 aliphatic rings. The molecule has 0 aromatic carbocycles. The van der Waals surface area contributed by atoms with Gasteiger partial charge in [-0.05, 0) is 18.9 Å². The molecule has 1 unspecified atom stereocenters. The Labute approximate surface area is 116 Å². The van der Waals surface area contributed by atoms with Gasteiger partial charge in [0.15, 0.2) is 0 Å². The number of ether oxygens (including phenoxy) is 2. The molecule has 1 fully saturated rings. The van der Waals surface area contributed by atoms with Crippen LogP contribution in [0.25, 0.3) is 0 Å². The van der Waals surface area contributed by atoms with Crippen LogP contribution in [0.5, 0.6) is 5.88 Å². The minimum Gasteiger partial charge on any atom is -0.481 e. The molecule has 2 aromatic heterocycles. The highest BCUT2D eigenvalue weighted by Gasteiger charge is 2.23. The average molecular weight is 276 g/mol. The first kappa shape index (κ1) is 12.9. The van der Waals surface area contributed by atoms with Gasteiger partial charge >= 0.3 is 6.01 Å². The Bertz CT molecular complexity index is 566. The standard InChI is InChI=1S/C13H16N4O3/c1-18-11-6-2-4-9(15-11)8-14-13-17-16-12(20-13)10-5-3-7-19-10/h2,4,6,10H,3,5,7-8H2,1H3,(H,14,17). The molecule has 7 nitrogen and oxygen atoms in total. The molecule has 0 aliphatic carbocycles. The number of anilines is 1. The molecule has 3 heterocycles. The van der Waals surface area contributed by atoms with Gasteiger partial charge in [-0.1, -0.05) is 11.2 Å². The molecule has 1 N–H and O–H groups in total. The van der Waals surface area contributed by atoms with E-state index < -0.39 is 0 Å². The molecular weight excluding hydrogens is 260 g/mol. The first-order valence-electron chi connectivity index (χ1n) is 6.54. The van der Waals surface area contributed by atoms with E-state index >= 15 is 0 Å².